The van der Waals surface area contributed by atoms with Crippen molar-refractivity contribution in [3.8, 4) is 0 Å². The molecule has 0 aliphatic heterocycles. The third-order valence-corrected chi connectivity index (χ3v) is 4.15. The van der Waals surface area contributed by atoms with Crippen LogP contribution in [0.2, 0.25) is 0 Å². The van der Waals surface area contributed by atoms with Gasteiger partial charge in [-0.25, -0.2) is 4.79 Å². The maximum atomic E-state index is 12.2. The highest BCUT2D eigenvalue weighted by Gasteiger charge is 2.30. The number of nitrogens with zero attached hydrogens (tertiary/aromatic N) is 1. The molecule has 0 radical (unpaired) electrons. The molecule has 0 saturated heterocycles. The number of fused-ring (bicyclic) bond motifs is 1. The summed E-state index contributed by atoms with van der Waals surface area (Å²) in [5, 5.41) is 2.97. The van der Waals surface area contributed by atoms with Crippen LogP contribution in [0.25, 0.3) is 5.57 Å². The van der Waals surface area contributed by atoms with Crippen molar-refractivity contribution in [2.75, 3.05) is 5.32 Å². The first-order valence-electron chi connectivity index (χ1n) is 8.05. The number of hydrogen-bond donors (Lipinski definition) is 1. The number of allylic oxidation sites excluding steroid dienone is 1. The number of carbonyl (C=O) groups excluding carboxylic acids is 1. The summed E-state index contributed by atoms with van der Waals surface area (Å²) in [7, 11) is 0. The summed E-state index contributed by atoms with van der Waals surface area (Å²) in [6.07, 6.45) is 6.86. The number of aromatic nitrogens is 1. The standard InChI is InChI=1S/C18H24N2O2/c1-11(12-8-9-12)14-10-19-15-7-5-6-13(15)16(14)20-17(21)22-18(2,3)4/h10,12H,1,5-9H2,2-4H3,(H,19,20,21). The molecule has 4 nitrogen and oxygen atoms in total. The van der Waals surface area contributed by atoms with Gasteiger partial charge in [-0.05, 0) is 69.9 Å². The summed E-state index contributed by atoms with van der Waals surface area (Å²) in [5.41, 5.74) is 4.69. The van der Waals surface area contributed by atoms with E-state index >= 15 is 0 Å². The highest BCUT2D eigenvalue weighted by atomic mass is 16.6. The minimum atomic E-state index is -0.506. The van der Waals surface area contributed by atoms with Gasteiger partial charge in [-0.2, -0.15) is 0 Å². The summed E-state index contributed by atoms with van der Waals surface area (Å²) >= 11 is 0. The molecule has 1 N–H and O–H groups in total. The Hall–Kier alpha value is -1.84. The van der Waals surface area contributed by atoms with Crippen molar-refractivity contribution in [1.82, 2.24) is 4.98 Å². The number of nitrogens with one attached hydrogen (secondary N) is 1. The number of amides is 1. The third-order valence-electron chi connectivity index (χ3n) is 4.15. The van der Waals surface area contributed by atoms with Gasteiger partial charge < -0.3 is 4.74 Å². The van der Waals surface area contributed by atoms with Gasteiger partial charge in [0.1, 0.15) is 5.60 Å². The molecule has 2 aliphatic rings. The van der Waals surface area contributed by atoms with E-state index in [0.29, 0.717) is 5.92 Å². The summed E-state index contributed by atoms with van der Waals surface area (Å²) in [6.45, 7) is 9.83. The Balaban J connectivity index is 1.91. The fraction of sp³-hybridized carbons (Fsp3) is 0.556. The average molecular weight is 300 g/mol. The first-order valence-corrected chi connectivity index (χ1v) is 8.05. The van der Waals surface area contributed by atoms with Crippen LogP contribution in [0.5, 0.6) is 0 Å². The molecule has 118 valence electrons. The molecule has 0 atom stereocenters. The Labute approximate surface area is 132 Å². The molecule has 3 rings (SSSR count). The van der Waals surface area contributed by atoms with Crippen LogP contribution < -0.4 is 5.32 Å². The predicted octanol–water partition coefficient (Wildman–Crippen LogP) is 4.34. The Morgan fingerprint density at radius 2 is 2.09 bits per heavy atom. The number of aryl methyl sites for hydroxylation is 1. The number of carbonyl (C=O) groups is 1. The van der Waals surface area contributed by atoms with Gasteiger partial charge in [0.15, 0.2) is 0 Å². The van der Waals surface area contributed by atoms with Crippen LogP contribution in [0, 0.1) is 5.92 Å². The Morgan fingerprint density at radius 1 is 1.36 bits per heavy atom. The van der Waals surface area contributed by atoms with E-state index in [9.17, 15) is 4.79 Å². The molecule has 0 aromatic carbocycles. The van der Waals surface area contributed by atoms with Gasteiger partial charge >= 0.3 is 6.09 Å². The Morgan fingerprint density at radius 3 is 2.73 bits per heavy atom. The van der Waals surface area contributed by atoms with Gasteiger partial charge in [-0.3, -0.25) is 10.3 Å². The number of ether oxygens (including phenoxy) is 1. The lowest BCUT2D eigenvalue weighted by molar-refractivity contribution is 0.0635. The summed E-state index contributed by atoms with van der Waals surface area (Å²) in [4.78, 5) is 16.8. The minimum absolute atomic E-state index is 0.405. The highest BCUT2D eigenvalue weighted by Crippen LogP contribution is 2.44. The van der Waals surface area contributed by atoms with E-state index in [2.05, 4.69) is 16.9 Å². The van der Waals surface area contributed by atoms with Gasteiger partial charge in [0.2, 0.25) is 0 Å². The van der Waals surface area contributed by atoms with Crippen LogP contribution in [0.4, 0.5) is 10.5 Å². The molecule has 2 aliphatic carbocycles. The van der Waals surface area contributed by atoms with E-state index in [4.69, 9.17) is 4.74 Å². The van der Waals surface area contributed by atoms with Crippen molar-refractivity contribution >= 4 is 17.4 Å². The van der Waals surface area contributed by atoms with Gasteiger partial charge in [-0.1, -0.05) is 6.58 Å². The molecule has 1 aromatic rings. The maximum absolute atomic E-state index is 12.2. The van der Waals surface area contributed by atoms with E-state index < -0.39 is 11.7 Å². The smallest absolute Gasteiger partial charge is 0.412 e. The second kappa shape index (κ2) is 5.41. The molecule has 1 amide bonds. The zero-order chi connectivity index (χ0) is 15.9. The minimum Gasteiger partial charge on any atom is -0.444 e. The van der Waals surface area contributed by atoms with Crippen molar-refractivity contribution in [2.45, 2.75) is 58.5 Å². The SMILES string of the molecule is C=C(c1cnc2c(c1NC(=O)OC(C)(C)C)CCC2)C1CC1. The van der Waals surface area contributed by atoms with E-state index in [0.717, 1.165) is 47.3 Å². The summed E-state index contributed by atoms with van der Waals surface area (Å²) in [5.74, 6) is 0.542. The second-order valence-corrected chi connectivity index (χ2v) is 7.25. The van der Waals surface area contributed by atoms with Gasteiger partial charge in [-0.15, -0.1) is 0 Å². The molecule has 0 spiro atoms. The zero-order valence-corrected chi connectivity index (χ0v) is 13.7. The van der Waals surface area contributed by atoms with Crippen LogP contribution in [0.1, 0.15) is 56.9 Å². The molecule has 0 bridgehead atoms. The second-order valence-electron chi connectivity index (χ2n) is 7.25. The normalized spacial score (nSPS) is 17.0. The number of rotatable bonds is 3. The van der Waals surface area contributed by atoms with Crippen molar-refractivity contribution in [1.29, 1.82) is 0 Å². The van der Waals surface area contributed by atoms with Crippen LogP contribution in [-0.2, 0) is 17.6 Å². The van der Waals surface area contributed by atoms with Crippen molar-refractivity contribution < 1.29 is 9.53 Å². The number of pyridine rings is 1. The monoisotopic (exact) mass is 300 g/mol. The lowest BCUT2D eigenvalue weighted by atomic mass is 9.99. The van der Waals surface area contributed by atoms with Gasteiger partial charge in [0, 0.05) is 17.5 Å². The number of anilines is 1. The Kier molecular flexibility index (Phi) is 3.71. The van der Waals surface area contributed by atoms with Crippen molar-refractivity contribution in [3.63, 3.8) is 0 Å². The lowest BCUT2D eigenvalue weighted by Gasteiger charge is -2.22. The summed E-state index contributed by atoms with van der Waals surface area (Å²) in [6, 6.07) is 0. The quantitative estimate of drug-likeness (QED) is 0.903. The van der Waals surface area contributed by atoms with Crippen molar-refractivity contribution in [2.24, 2.45) is 5.92 Å². The molecular weight excluding hydrogens is 276 g/mol. The van der Waals surface area contributed by atoms with E-state index in [-0.39, 0.29) is 0 Å². The largest absolute Gasteiger partial charge is 0.444 e. The maximum Gasteiger partial charge on any atom is 0.412 e. The summed E-state index contributed by atoms with van der Waals surface area (Å²) < 4.78 is 5.41. The van der Waals surface area contributed by atoms with E-state index in [1.165, 1.54) is 12.8 Å². The highest BCUT2D eigenvalue weighted by molar-refractivity contribution is 5.92. The van der Waals surface area contributed by atoms with Crippen LogP contribution in [0.3, 0.4) is 0 Å². The zero-order valence-electron chi connectivity index (χ0n) is 13.7. The molecule has 1 heterocycles. The first kappa shape index (κ1) is 15.1. The molecular formula is C18H24N2O2. The van der Waals surface area contributed by atoms with Crippen molar-refractivity contribution in [3.05, 3.63) is 29.6 Å². The molecule has 22 heavy (non-hydrogen) atoms. The lowest BCUT2D eigenvalue weighted by Crippen LogP contribution is -2.28. The first-order chi connectivity index (χ1) is 10.3. The molecule has 1 aromatic heterocycles. The average Bonchev–Trinajstić information content (AvgIpc) is 3.14. The predicted molar refractivity (Wildman–Crippen MR) is 87.9 cm³/mol. The van der Waals surface area contributed by atoms with Crippen LogP contribution in [-0.4, -0.2) is 16.7 Å². The van der Waals surface area contributed by atoms with Gasteiger partial charge in [0.05, 0.1) is 5.69 Å². The molecule has 1 fully saturated rings. The van der Waals surface area contributed by atoms with Crippen LogP contribution >= 0.6 is 0 Å². The fourth-order valence-electron chi connectivity index (χ4n) is 2.95. The number of hydrogen-bond acceptors (Lipinski definition) is 3. The van der Waals surface area contributed by atoms with Crippen LogP contribution in [0.15, 0.2) is 12.8 Å². The molecule has 1 saturated carbocycles. The Bertz CT molecular complexity index is 625. The van der Waals surface area contributed by atoms with E-state index in [1.807, 2.05) is 27.0 Å². The topological polar surface area (TPSA) is 51.2 Å². The van der Waals surface area contributed by atoms with Gasteiger partial charge in [0.25, 0.3) is 0 Å². The fourth-order valence-corrected chi connectivity index (χ4v) is 2.95. The third kappa shape index (κ3) is 3.16. The molecule has 0 unspecified atom stereocenters. The van der Waals surface area contributed by atoms with E-state index in [1.54, 1.807) is 0 Å². The molecule has 4 heteroatoms.